The lowest BCUT2D eigenvalue weighted by atomic mass is 9.96. The molecule has 1 N–H and O–H groups in total. The quantitative estimate of drug-likeness (QED) is 0.842. The van der Waals surface area contributed by atoms with Crippen molar-refractivity contribution in [1.29, 1.82) is 5.26 Å². The molecule has 126 valence electrons. The second-order valence-corrected chi connectivity index (χ2v) is 6.06. The Morgan fingerprint density at radius 1 is 1.21 bits per heavy atom. The summed E-state index contributed by atoms with van der Waals surface area (Å²) in [6, 6.07) is 12.0. The van der Waals surface area contributed by atoms with Crippen LogP contribution in [-0.4, -0.2) is 23.0 Å². The van der Waals surface area contributed by atoms with E-state index in [0.29, 0.717) is 0 Å². The molecule has 0 saturated carbocycles. The van der Waals surface area contributed by atoms with E-state index in [-0.39, 0.29) is 11.1 Å². The average Bonchev–Trinajstić information content (AvgIpc) is 2.58. The second kappa shape index (κ2) is 8.47. The van der Waals surface area contributed by atoms with Crippen molar-refractivity contribution in [1.82, 2.24) is 9.88 Å². The molecular weight excluding hydrogens is 298 g/mol. The van der Waals surface area contributed by atoms with Gasteiger partial charge in [-0.05, 0) is 43.6 Å². The van der Waals surface area contributed by atoms with Gasteiger partial charge in [-0.15, -0.1) is 0 Å². The maximum absolute atomic E-state index is 12.1. The van der Waals surface area contributed by atoms with Crippen LogP contribution < -0.4 is 5.56 Å². The molecule has 4 heteroatoms. The number of nitrogens with one attached hydrogen (secondary N) is 1. The van der Waals surface area contributed by atoms with Crippen LogP contribution in [0.1, 0.15) is 43.5 Å². The van der Waals surface area contributed by atoms with Gasteiger partial charge in [-0.2, -0.15) is 5.26 Å². The van der Waals surface area contributed by atoms with Crippen LogP contribution in [0.5, 0.6) is 0 Å². The minimum atomic E-state index is -0.319. The number of unbranched alkanes of at least 4 members (excludes halogenated alkanes) is 1. The molecule has 0 spiro atoms. The molecule has 0 atom stereocenters. The van der Waals surface area contributed by atoms with E-state index < -0.39 is 0 Å². The van der Waals surface area contributed by atoms with Crippen LogP contribution in [0.2, 0.25) is 0 Å². The zero-order valence-corrected chi connectivity index (χ0v) is 14.7. The van der Waals surface area contributed by atoms with Crippen molar-refractivity contribution in [2.45, 2.75) is 40.2 Å². The van der Waals surface area contributed by atoms with E-state index in [1.165, 1.54) is 12.8 Å². The Labute approximate surface area is 143 Å². The molecule has 0 aliphatic heterocycles. The molecule has 0 aliphatic rings. The van der Waals surface area contributed by atoms with Gasteiger partial charge in [0.2, 0.25) is 0 Å². The number of benzene rings is 1. The van der Waals surface area contributed by atoms with Crippen molar-refractivity contribution in [3.05, 3.63) is 57.5 Å². The first kappa shape index (κ1) is 18.0. The van der Waals surface area contributed by atoms with E-state index >= 15 is 0 Å². The van der Waals surface area contributed by atoms with Crippen LogP contribution in [0.15, 0.2) is 35.1 Å². The third kappa shape index (κ3) is 4.12. The number of nitrogens with zero attached hydrogens (tertiary/aromatic N) is 2. The highest BCUT2D eigenvalue weighted by atomic mass is 16.1. The van der Waals surface area contributed by atoms with Gasteiger partial charge in [-0.25, -0.2) is 0 Å². The normalized spacial score (nSPS) is 10.8. The molecule has 0 saturated heterocycles. The predicted molar refractivity (Wildman–Crippen MR) is 97.8 cm³/mol. The van der Waals surface area contributed by atoms with Crippen LogP contribution >= 0.6 is 0 Å². The fourth-order valence-electron chi connectivity index (χ4n) is 2.90. The third-order valence-electron chi connectivity index (χ3n) is 4.26. The molecule has 2 aromatic rings. The minimum absolute atomic E-state index is 0.185. The fraction of sp³-hybridized carbons (Fsp3) is 0.400. The number of H-pyrrole nitrogens is 1. The van der Waals surface area contributed by atoms with Crippen LogP contribution in [0.25, 0.3) is 11.1 Å². The summed E-state index contributed by atoms with van der Waals surface area (Å²) in [5.74, 6) is 0. The van der Waals surface area contributed by atoms with Gasteiger partial charge in [-0.3, -0.25) is 9.69 Å². The number of aromatic nitrogens is 1. The van der Waals surface area contributed by atoms with Crippen molar-refractivity contribution in [2.75, 3.05) is 13.1 Å². The molecule has 24 heavy (non-hydrogen) atoms. The highest BCUT2D eigenvalue weighted by molar-refractivity contribution is 5.73. The van der Waals surface area contributed by atoms with Gasteiger partial charge in [0.25, 0.3) is 5.56 Å². The maximum atomic E-state index is 12.1. The number of aromatic amines is 1. The summed E-state index contributed by atoms with van der Waals surface area (Å²) in [4.78, 5) is 17.2. The van der Waals surface area contributed by atoms with Gasteiger partial charge in [0.15, 0.2) is 0 Å². The highest BCUT2D eigenvalue weighted by Crippen LogP contribution is 2.27. The Hall–Kier alpha value is -2.38. The number of pyridine rings is 1. The van der Waals surface area contributed by atoms with Gasteiger partial charge in [0.1, 0.15) is 11.6 Å². The zero-order valence-electron chi connectivity index (χ0n) is 14.7. The number of nitriles is 1. The first-order chi connectivity index (χ1) is 11.6. The van der Waals surface area contributed by atoms with Gasteiger partial charge >= 0.3 is 0 Å². The van der Waals surface area contributed by atoms with E-state index in [2.05, 4.69) is 35.9 Å². The van der Waals surface area contributed by atoms with Crippen molar-refractivity contribution < 1.29 is 0 Å². The van der Waals surface area contributed by atoms with Crippen LogP contribution in [0.4, 0.5) is 0 Å². The monoisotopic (exact) mass is 323 g/mol. The molecule has 1 heterocycles. The smallest absolute Gasteiger partial charge is 0.266 e. The lowest BCUT2D eigenvalue weighted by molar-refractivity contribution is 0.276. The number of hydrogen-bond acceptors (Lipinski definition) is 3. The third-order valence-corrected chi connectivity index (χ3v) is 4.26. The largest absolute Gasteiger partial charge is 0.325 e. The summed E-state index contributed by atoms with van der Waals surface area (Å²) in [5, 5.41) is 9.41. The Kier molecular flexibility index (Phi) is 6.34. The summed E-state index contributed by atoms with van der Waals surface area (Å²) < 4.78 is 0. The fourth-order valence-corrected chi connectivity index (χ4v) is 2.90. The Bertz CT molecular complexity index is 786. The van der Waals surface area contributed by atoms with E-state index in [9.17, 15) is 10.1 Å². The molecule has 0 amide bonds. The number of hydrogen-bond donors (Lipinski definition) is 1. The molecule has 1 aromatic heterocycles. The average molecular weight is 323 g/mol. The second-order valence-electron chi connectivity index (χ2n) is 6.06. The van der Waals surface area contributed by atoms with E-state index in [4.69, 9.17) is 0 Å². The standard InChI is InChI=1S/C20H25N3O/c1-4-6-11-23(5-2)14-16-9-7-8-10-17(16)18-12-15(3)22-20(24)19(18)13-21/h7-10,12H,4-6,11,14H2,1-3H3,(H,22,24). The molecule has 0 aliphatic carbocycles. The lowest BCUT2D eigenvalue weighted by Crippen LogP contribution is -2.24. The summed E-state index contributed by atoms with van der Waals surface area (Å²) in [6.07, 6.45) is 2.34. The highest BCUT2D eigenvalue weighted by Gasteiger charge is 2.14. The summed E-state index contributed by atoms with van der Waals surface area (Å²) in [6.45, 7) is 9.06. The lowest BCUT2D eigenvalue weighted by Gasteiger charge is -2.22. The molecule has 4 nitrogen and oxygen atoms in total. The molecule has 0 fully saturated rings. The summed E-state index contributed by atoms with van der Waals surface area (Å²) in [5.41, 5.74) is 3.48. The summed E-state index contributed by atoms with van der Waals surface area (Å²) >= 11 is 0. The van der Waals surface area contributed by atoms with Crippen molar-refractivity contribution in [3.8, 4) is 17.2 Å². The first-order valence-electron chi connectivity index (χ1n) is 8.55. The first-order valence-corrected chi connectivity index (χ1v) is 8.55. The maximum Gasteiger partial charge on any atom is 0.266 e. The van der Waals surface area contributed by atoms with E-state index in [0.717, 1.165) is 42.0 Å². The SMILES string of the molecule is CCCCN(CC)Cc1ccccc1-c1cc(C)[nH]c(=O)c1C#N. The Morgan fingerprint density at radius 3 is 2.62 bits per heavy atom. The molecular formula is C20H25N3O. The van der Waals surface area contributed by atoms with Crippen LogP contribution in [-0.2, 0) is 6.54 Å². The van der Waals surface area contributed by atoms with E-state index in [1.807, 2.05) is 31.2 Å². The van der Waals surface area contributed by atoms with Gasteiger partial charge in [-0.1, -0.05) is 44.5 Å². The molecule has 0 unspecified atom stereocenters. The molecule has 1 aromatic carbocycles. The minimum Gasteiger partial charge on any atom is -0.325 e. The van der Waals surface area contributed by atoms with Gasteiger partial charge in [0, 0.05) is 17.8 Å². The topological polar surface area (TPSA) is 59.9 Å². The Balaban J connectivity index is 2.47. The number of rotatable bonds is 7. The van der Waals surface area contributed by atoms with Crippen molar-refractivity contribution in [3.63, 3.8) is 0 Å². The summed E-state index contributed by atoms with van der Waals surface area (Å²) in [7, 11) is 0. The van der Waals surface area contributed by atoms with Gasteiger partial charge < -0.3 is 4.98 Å². The number of aryl methyl sites for hydroxylation is 1. The molecule has 0 bridgehead atoms. The Morgan fingerprint density at radius 2 is 1.96 bits per heavy atom. The van der Waals surface area contributed by atoms with Crippen molar-refractivity contribution in [2.24, 2.45) is 0 Å². The van der Waals surface area contributed by atoms with E-state index in [1.54, 1.807) is 0 Å². The molecule has 0 radical (unpaired) electrons. The van der Waals surface area contributed by atoms with Gasteiger partial charge in [0.05, 0.1) is 0 Å². The predicted octanol–water partition coefficient (Wildman–Crippen LogP) is 3.84. The zero-order chi connectivity index (χ0) is 17.5. The van der Waals surface area contributed by atoms with Crippen LogP contribution in [0, 0.1) is 18.3 Å². The van der Waals surface area contributed by atoms with Crippen LogP contribution in [0.3, 0.4) is 0 Å². The molecule has 2 rings (SSSR count). The van der Waals surface area contributed by atoms with Crippen molar-refractivity contribution >= 4 is 0 Å².